The van der Waals surface area contributed by atoms with Crippen LogP contribution in [-0.4, -0.2) is 37.4 Å². The average molecular weight is 333 g/mol. The standard InChI is InChI=1S/C17H23N3O4/c1-17(2,3)19-16(22)18-8-11-6-15(21)20(9-11)12-4-5-13-14(7-12)24-10-23-13/h4-5,7,11H,6,8-10H2,1-3H3,(H2,18,19,22)/t11-/m0/s1. The van der Waals surface area contributed by atoms with E-state index in [9.17, 15) is 9.59 Å². The molecule has 0 aliphatic carbocycles. The lowest BCUT2D eigenvalue weighted by molar-refractivity contribution is -0.117. The summed E-state index contributed by atoms with van der Waals surface area (Å²) in [4.78, 5) is 25.8. The van der Waals surface area contributed by atoms with Gasteiger partial charge in [0.05, 0.1) is 0 Å². The summed E-state index contributed by atoms with van der Waals surface area (Å²) in [6, 6.07) is 5.28. The summed E-state index contributed by atoms with van der Waals surface area (Å²) in [5, 5.41) is 5.69. The van der Waals surface area contributed by atoms with Crippen molar-refractivity contribution in [2.24, 2.45) is 5.92 Å². The zero-order chi connectivity index (χ0) is 17.3. The van der Waals surface area contributed by atoms with Crippen LogP contribution in [0.3, 0.4) is 0 Å². The Hall–Kier alpha value is -2.44. The summed E-state index contributed by atoms with van der Waals surface area (Å²) in [5.41, 5.74) is 0.513. The van der Waals surface area contributed by atoms with Crippen molar-refractivity contribution in [1.29, 1.82) is 0 Å². The molecule has 2 aliphatic heterocycles. The van der Waals surface area contributed by atoms with E-state index in [1.165, 1.54) is 0 Å². The Kier molecular flexibility index (Phi) is 4.26. The van der Waals surface area contributed by atoms with Gasteiger partial charge in [-0.1, -0.05) is 0 Å². The molecule has 2 aliphatic rings. The zero-order valence-corrected chi connectivity index (χ0v) is 14.2. The van der Waals surface area contributed by atoms with Gasteiger partial charge < -0.3 is 25.0 Å². The zero-order valence-electron chi connectivity index (χ0n) is 14.2. The number of benzene rings is 1. The summed E-state index contributed by atoms with van der Waals surface area (Å²) in [6.45, 7) is 7.03. The van der Waals surface area contributed by atoms with Gasteiger partial charge in [-0.3, -0.25) is 4.79 Å². The van der Waals surface area contributed by atoms with Gasteiger partial charge in [-0.15, -0.1) is 0 Å². The number of rotatable bonds is 3. The van der Waals surface area contributed by atoms with Crippen molar-refractivity contribution in [3.63, 3.8) is 0 Å². The smallest absolute Gasteiger partial charge is 0.315 e. The fourth-order valence-corrected chi connectivity index (χ4v) is 2.84. The van der Waals surface area contributed by atoms with Crippen molar-refractivity contribution in [2.45, 2.75) is 32.7 Å². The average Bonchev–Trinajstić information content (AvgIpc) is 3.08. The molecule has 1 aromatic carbocycles. The Morgan fingerprint density at radius 1 is 1.29 bits per heavy atom. The van der Waals surface area contributed by atoms with Gasteiger partial charge in [-0.2, -0.15) is 0 Å². The summed E-state index contributed by atoms with van der Waals surface area (Å²) in [6.07, 6.45) is 0.421. The van der Waals surface area contributed by atoms with Gasteiger partial charge in [-0.25, -0.2) is 4.79 Å². The van der Waals surface area contributed by atoms with Crippen LogP contribution in [0.2, 0.25) is 0 Å². The first-order valence-electron chi connectivity index (χ1n) is 8.08. The molecule has 2 heterocycles. The number of carbonyl (C=O) groups is 2. The highest BCUT2D eigenvalue weighted by Crippen LogP contribution is 2.37. The molecule has 0 spiro atoms. The molecule has 7 heteroatoms. The summed E-state index contributed by atoms with van der Waals surface area (Å²) >= 11 is 0. The van der Waals surface area contributed by atoms with Gasteiger partial charge in [0.25, 0.3) is 0 Å². The molecule has 1 saturated heterocycles. The quantitative estimate of drug-likeness (QED) is 0.885. The molecule has 2 N–H and O–H groups in total. The molecule has 0 aromatic heterocycles. The van der Waals surface area contributed by atoms with Crippen LogP contribution in [0.15, 0.2) is 18.2 Å². The Balaban J connectivity index is 1.57. The van der Waals surface area contributed by atoms with Gasteiger partial charge in [0.2, 0.25) is 12.7 Å². The Morgan fingerprint density at radius 2 is 2.04 bits per heavy atom. The molecule has 1 fully saturated rings. The molecule has 3 rings (SSSR count). The SMILES string of the molecule is CC(C)(C)NC(=O)NC[C@@H]1CC(=O)N(c2ccc3c(c2)OCO3)C1. The maximum absolute atomic E-state index is 12.3. The van der Waals surface area contributed by atoms with E-state index in [-0.39, 0.29) is 30.2 Å². The van der Waals surface area contributed by atoms with Crippen molar-refractivity contribution in [2.75, 3.05) is 24.8 Å². The molecule has 7 nitrogen and oxygen atoms in total. The minimum absolute atomic E-state index is 0.0527. The number of amides is 3. The second-order valence-corrected chi connectivity index (χ2v) is 7.20. The van der Waals surface area contributed by atoms with Crippen molar-refractivity contribution < 1.29 is 19.1 Å². The van der Waals surface area contributed by atoms with Crippen LogP contribution < -0.4 is 25.0 Å². The molecule has 1 aromatic rings. The van der Waals surface area contributed by atoms with Crippen LogP contribution in [0, 0.1) is 5.92 Å². The summed E-state index contributed by atoms with van der Waals surface area (Å²) < 4.78 is 10.6. The Labute approximate surface area is 141 Å². The van der Waals surface area contributed by atoms with Crippen molar-refractivity contribution >= 4 is 17.6 Å². The van der Waals surface area contributed by atoms with Gasteiger partial charge in [0.15, 0.2) is 11.5 Å². The lowest BCUT2D eigenvalue weighted by Crippen LogP contribution is -2.47. The van der Waals surface area contributed by atoms with Crippen LogP contribution in [0.1, 0.15) is 27.2 Å². The number of anilines is 1. The molecule has 3 amide bonds. The third kappa shape index (κ3) is 3.72. The van der Waals surface area contributed by atoms with Crippen LogP contribution in [0.25, 0.3) is 0 Å². The number of hydrogen-bond acceptors (Lipinski definition) is 4. The van der Waals surface area contributed by atoms with Gasteiger partial charge in [0, 0.05) is 42.7 Å². The number of hydrogen-bond donors (Lipinski definition) is 2. The Morgan fingerprint density at radius 3 is 2.79 bits per heavy atom. The first-order valence-corrected chi connectivity index (χ1v) is 8.08. The number of nitrogens with one attached hydrogen (secondary N) is 2. The lowest BCUT2D eigenvalue weighted by Gasteiger charge is -2.21. The molecule has 0 saturated carbocycles. The molecule has 0 radical (unpaired) electrons. The Bertz CT molecular complexity index is 654. The van der Waals surface area contributed by atoms with Crippen LogP contribution >= 0.6 is 0 Å². The minimum atomic E-state index is -0.284. The van der Waals surface area contributed by atoms with Crippen LogP contribution in [-0.2, 0) is 4.79 Å². The third-order valence-corrected chi connectivity index (χ3v) is 3.91. The van der Waals surface area contributed by atoms with Crippen LogP contribution in [0.4, 0.5) is 10.5 Å². The monoisotopic (exact) mass is 333 g/mol. The molecular formula is C17H23N3O4. The highest BCUT2D eigenvalue weighted by Gasteiger charge is 2.31. The molecule has 0 unspecified atom stereocenters. The number of ether oxygens (including phenoxy) is 2. The van der Waals surface area contributed by atoms with E-state index in [0.717, 1.165) is 5.69 Å². The fourth-order valence-electron chi connectivity index (χ4n) is 2.84. The highest BCUT2D eigenvalue weighted by molar-refractivity contribution is 5.96. The second kappa shape index (κ2) is 6.22. The molecule has 1 atom stereocenters. The predicted molar refractivity (Wildman–Crippen MR) is 89.3 cm³/mol. The van der Waals surface area contributed by atoms with E-state index < -0.39 is 0 Å². The van der Waals surface area contributed by atoms with E-state index in [4.69, 9.17) is 9.47 Å². The van der Waals surface area contributed by atoms with E-state index in [1.54, 1.807) is 4.90 Å². The van der Waals surface area contributed by atoms with E-state index in [0.29, 0.717) is 31.0 Å². The maximum Gasteiger partial charge on any atom is 0.315 e. The topological polar surface area (TPSA) is 79.9 Å². The molecule has 0 bridgehead atoms. The normalized spacial score (nSPS) is 19.5. The highest BCUT2D eigenvalue weighted by atomic mass is 16.7. The molecule has 24 heavy (non-hydrogen) atoms. The van der Waals surface area contributed by atoms with Crippen molar-refractivity contribution in [1.82, 2.24) is 10.6 Å². The lowest BCUT2D eigenvalue weighted by atomic mass is 10.1. The fraction of sp³-hybridized carbons (Fsp3) is 0.529. The van der Waals surface area contributed by atoms with E-state index >= 15 is 0 Å². The van der Waals surface area contributed by atoms with Crippen molar-refractivity contribution in [3.05, 3.63) is 18.2 Å². The minimum Gasteiger partial charge on any atom is -0.454 e. The van der Waals surface area contributed by atoms with Crippen LogP contribution in [0.5, 0.6) is 11.5 Å². The van der Waals surface area contributed by atoms with Gasteiger partial charge in [0.1, 0.15) is 0 Å². The second-order valence-electron chi connectivity index (χ2n) is 7.20. The largest absolute Gasteiger partial charge is 0.454 e. The predicted octanol–water partition coefficient (Wildman–Crippen LogP) is 1.87. The first-order chi connectivity index (χ1) is 11.3. The number of urea groups is 1. The van der Waals surface area contributed by atoms with Crippen molar-refractivity contribution in [3.8, 4) is 11.5 Å². The first kappa shape index (κ1) is 16.4. The molecule has 130 valence electrons. The molecular weight excluding hydrogens is 310 g/mol. The number of carbonyl (C=O) groups excluding carboxylic acids is 2. The summed E-state index contributed by atoms with van der Waals surface area (Å²) in [5.74, 6) is 1.50. The maximum atomic E-state index is 12.3. The number of nitrogens with zero attached hydrogens (tertiary/aromatic N) is 1. The summed E-state index contributed by atoms with van der Waals surface area (Å²) in [7, 11) is 0. The van der Waals surface area contributed by atoms with E-state index in [1.807, 2.05) is 39.0 Å². The van der Waals surface area contributed by atoms with Gasteiger partial charge in [-0.05, 0) is 32.9 Å². The van der Waals surface area contributed by atoms with Gasteiger partial charge >= 0.3 is 6.03 Å². The number of fused-ring (bicyclic) bond motifs is 1. The van der Waals surface area contributed by atoms with E-state index in [2.05, 4.69) is 10.6 Å². The third-order valence-electron chi connectivity index (χ3n) is 3.91.